The molecule has 124 valence electrons. The Kier molecular flexibility index (Phi) is 2.86. The van der Waals surface area contributed by atoms with E-state index in [0.717, 1.165) is 16.8 Å². The van der Waals surface area contributed by atoms with Crippen LogP contribution in [-0.2, 0) is 9.59 Å². The normalized spacial score (nSPS) is 29.5. The van der Waals surface area contributed by atoms with Crippen LogP contribution in [0.2, 0.25) is 0 Å². The summed E-state index contributed by atoms with van der Waals surface area (Å²) in [5, 5.41) is 1.82. The zero-order valence-corrected chi connectivity index (χ0v) is 13.3. The van der Waals surface area contributed by atoms with Crippen LogP contribution in [0.3, 0.4) is 0 Å². The van der Waals surface area contributed by atoms with E-state index in [1.54, 1.807) is 12.1 Å². The Morgan fingerprint density at radius 2 is 1.68 bits per heavy atom. The van der Waals surface area contributed by atoms with E-state index in [1.165, 1.54) is 0 Å². The molecule has 4 atom stereocenters. The number of para-hydroxylation sites is 1. The van der Waals surface area contributed by atoms with Gasteiger partial charge in [-0.2, -0.15) is 5.01 Å². The lowest BCUT2D eigenvalue weighted by Crippen LogP contribution is -2.47. The summed E-state index contributed by atoms with van der Waals surface area (Å²) in [5.41, 5.74) is 3.33. The van der Waals surface area contributed by atoms with Crippen molar-refractivity contribution < 1.29 is 14.4 Å². The van der Waals surface area contributed by atoms with Gasteiger partial charge in [0.05, 0.1) is 17.4 Å². The first-order valence-electron chi connectivity index (χ1n) is 8.36. The first kappa shape index (κ1) is 14.3. The van der Waals surface area contributed by atoms with E-state index in [1.807, 2.05) is 36.4 Å². The molecule has 0 radical (unpaired) electrons. The monoisotopic (exact) mass is 333 g/mol. The molecule has 1 aromatic heterocycles. The molecule has 1 saturated carbocycles. The van der Waals surface area contributed by atoms with Gasteiger partial charge in [0, 0.05) is 5.39 Å². The third-order valence-corrected chi connectivity index (χ3v) is 5.51. The minimum absolute atomic E-state index is 0.118. The van der Waals surface area contributed by atoms with Crippen molar-refractivity contribution in [2.45, 2.75) is 6.42 Å². The predicted octanol–water partition coefficient (Wildman–Crippen LogP) is 1.69. The summed E-state index contributed by atoms with van der Waals surface area (Å²) < 4.78 is 0. The molecule has 1 aromatic carbocycles. The van der Waals surface area contributed by atoms with Crippen LogP contribution in [0.4, 0.5) is 0 Å². The molecule has 2 aliphatic carbocycles. The number of hydrogen-bond acceptors (Lipinski definition) is 4. The molecule has 25 heavy (non-hydrogen) atoms. The highest BCUT2D eigenvalue weighted by Gasteiger charge is 2.59. The second-order valence-corrected chi connectivity index (χ2v) is 6.84. The maximum atomic E-state index is 12.6. The van der Waals surface area contributed by atoms with Crippen LogP contribution in [0.25, 0.3) is 10.9 Å². The molecule has 4 unspecified atom stereocenters. The smallest absolute Gasteiger partial charge is 0.272 e. The first-order chi connectivity index (χ1) is 12.1. The molecule has 2 fully saturated rings. The minimum Gasteiger partial charge on any atom is -0.272 e. The zero-order valence-electron chi connectivity index (χ0n) is 13.3. The average Bonchev–Trinajstić information content (AvgIpc) is 3.31. The highest BCUT2D eigenvalue weighted by molar-refractivity contribution is 6.08. The number of rotatable bonds is 2. The minimum atomic E-state index is -0.548. The molecule has 6 nitrogen and oxygen atoms in total. The molecular formula is C19H15N3O3. The molecule has 1 N–H and O–H groups in total. The molecule has 2 aromatic rings. The Hall–Kier alpha value is -3.02. The van der Waals surface area contributed by atoms with Gasteiger partial charge in [0.15, 0.2) is 0 Å². The zero-order chi connectivity index (χ0) is 17.1. The number of hydrogen-bond donors (Lipinski definition) is 1. The summed E-state index contributed by atoms with van der Waals surface area (Å²) in [6.07, 6.45) is 4.90. The Balaban J connectivity index is 1.40. The lowest BCUT2D eigenvalue weighted by Gasteiger charge is -2.17. The number of allylic oxidation sites excluding steroid dienone is 2. The van der Waals surface area contributed by atoms with Crippen molar-refractivity contribution in [3.05, 3.63) is 54.2 Å². The van der Waals surface area contributed by atoms with Crippen molar-refractivity contribution >= 4 is 28.6 Å². The Bertz CT molecular complexity index is 937. The van der Waals surface area contributed by atoms with Crippen LogP contribution in [0.1, 0.15) is 16.9 Å². The molecular weight excluding hydrogens is 318 g/mol. The summed E-state index contributed by atoms with van der Waals surface area (Å²) in [7, 11) is 0. The van der Waals surface area contributed by atoms with Crippen molar-refractivity contribution in [1.82, 2.24) is 15.4 Å². The van der Waals surface area contributed by atoms with Crippen LogP contribution in [0.15, 0.2) is 48.6 Å². The molecule has 1 saturated heterocycles. The summed E-state index contributed by atoms with van der Waals surface area (Å²) in [6.45, 7) is 0. The number of nitrogens with zero attached hydrogens (tertiary/aromatic N) is 2. The van der Waals surface area contributed by atoms with Gasteiger partial charge < -0.3 is 0 Å². The van der Waals surface area contributed by atoms with Crippen molar-refractivity contribution in [2.24, 2.45) is 23.7 Å². The van der Waals surface area contributed by atoms with Gasteiger partial charge >= 0.3 is 0 Å². The van der Waals surface area contributed by atoms with E-state index in [-0.39, 0.29) is 41.2 Å². The lowest BCUT2D eigenvalue weighted by atomic mass is 9.85. The van der Waals surface area contributed by atoms with Crippen LogP contribution in [0, 0.1) is 23.7 Å². The van der Waals surface area contributed by atoms with Gasteiger partial charge in [0.25, 0.3) is 17.7 Å². The number of pyridine rings is 1. The van der Waals surface area contributed by atoms with Crippen molar-refractivity contribution in [3.63, 3.8) is 0 Å². The third-order valence-electron chi connectivity index (χ3n) is 5.51. The van der Waals surface area contributed by atoms with E-state index in [4.69, 9.17) is 0 Å². The number of imide groups is 1. The van der Waals surface area contributed by atoms with Gasteiger partial charge in [0.1, 0.15) is 5.69 Å². The highest BCUT2D eigenvalue weighted by atomic mass is 16.2. The number of amides is 3. The van der Waals surface area contributed by atoms with E-state index >= 15 is 0 Å². The molecule has 1 aliphatic heterocycles. The van der Waals surface area contributed by atoms with Gasteiger partial charge in [0.2, 0.25) is 0 Å². The van der Waals surface area contributed by atoms with Crippen LogP contribution in [0.5, 0.6) is 0 Å². The van der Waals surface area contributed by atoms with Gasteiger partial charge in [-0.05, 0) is 30.4 Å². The van der Waals surface area contributed by atoms with Crippen LogP contribution >= 0.6 is 0 Å². The Morgan fingerprint density at radius 1 is 1.00 bits per heavy atom. The molecule has 2 bridgehead atoms. The van der Waals surface area contributed by atoms with Crippen LogP contribution < -0.4 is 5.43 Å². The van der Waals surface area contributed by atoms with Gasteiger partial charge in [-0.1, -0.05) is 36.4 Å². The maximum Gasteiger partial charge on any atom is 0.288 e. The van der Waals surface area contributed by atoms with Gasteiger partial charge in [-0.15, -0.1) is 0 Å². The fourth-order valence-corrected chi connectivity index (χ4v) is 4.36. The van der Waals surface area contributed by atoms with Gasteiger partial charge in [-0.3, -0.25) is 19.8 Å². The fraction of sp³-hybridized carbons (Fsp3) is 0.263. The SMILES string of the molecule is O=C(NN1C(=O)C2C3C=CC(C3)C2C1=O)c1ccc2ccccc2n1. The highest BCUT2D eigenvalue weighted by Crippen LogP contribution is 2.52. The number of carbonyl (C=O) groups excluding carboxylic acids is 3. The predicted molar refractivity (Wildman–Crippen MR) is 88.8 cm³/mol. The molecule has 3 aliphatic rings. The van der Waals surface area contributed by atoms with Crippen LogP contribution in [-0.4, -0.2) is 27.7 Å². The quantitative estimate of drug-likeness (QED) is 0.670. The molecule has 6 heteroatoms. The third kappa shape index (κ3) is 1.97. The number of benzene rings is 1. The molecule has 0 spiro atoms. The number of aromatic nitrogens is 1. The Labute approximate surface area is 143 Å². The topological polar surface area (TPSA) is 79.4 Å². The Morgan fingerprint density at radius 3 is 2.40 bits per heavy atom. The standard InChI is InChI=1S/C19H15N3O3/c23-17(14-8-7-10-3-1-2-4-13(10)20-14)21-22-18(24)15-11-5-6-12(9-11)16(15)19(22)25/h1-8,11-12,15-16H,9H2,(H,21,23). The number of nitrogens with one attached hydrogen (secondary N) is 1. The number of carbonyl (C=O) groups is 3. The second-order valence-electron chi connectivity index (χ2n) is 6.84. The summed E-state index contributed by atoms with van der Waals surface area (Å²) in [4.78, 5) is 42.0. The molecule has 2 heterocycles. The second kappa shape index (κ2) is 4.99. The average molecular weight is 333 g/mol. The van der Waals surface area contributed by atoms with Crippen molar-refractivity contribution in [1.29, 1.82) is 0 Å². The summed E-state index contributed by atoms with van der Waals surface area (Å²) >= 11 is 0. The van der Waals surface area contributed by atoms with Crippen molar-refractivity contribution in [3.8, 4) is 0 Å². The largest absolute Gasteiger partial charge is 0.288 e. The van der Waals surface area contributed by atoms with Gasteiger partial charge in [-0.25, -0.2) is 4.98 Å². The van der Waals surface area contributed by atoms with E-state index in [9.17, 15) is 14.4 Å². The molecule has 3 amide bonds. The van der Waals surface area contributed by atoms with E-state index in [0.29, 0.717) is 5.52 Å². The molecule has 5 rings (SSSR count). The van der Waals surface area contributed by atoms with E-state index < -0.39 is 5.91 Å². The van der Waals surface area contributed by atoms with Crippen molar-refractivity contribution in [2.75, 3.05) is 0 Å². The fourth-order valence-electron chi connectivity index (χ4n) is 4.36. The number of hydrazine groups is 1. The summed E-state index contributed by atoms with van der Waals surface area (Å²) in [5.74, 6) is -1.58. The summed E-state index contributed by atoms with van der Waals surface area (Å²) in [6, 6.07) is 10.8. The number of fused-ring (bicyclic) bond motifs is 6. The maximum absolute atomic E-state index is 12.6. The van der Waals surface area contributed by atoms with E-state index in [2.05, 4.69) is 10.4 Å². The first-order valence-corrected chi connectivity index (χ1v) is 8.36. The lowest BCUT2D eigenvalue weighted by molar-refractivity contribution is -0.143.